The van der Waals surface area contributed by atoms with E-state index in [1.165, 1.54) is 0 Å². The van der Waals surface area contributed by atoms with Crippen LogP contribution in [-0.4, -0.2) is 29.8 Å². The fourth-order valence-corrected chi connectivity index (χ4v) is 2.27. The Hall–Kier alpha value is -1.55. The van der Waals surface area contributed by atoms with Crippen molar-refractivity contribution in [3.05, 3.63) is 29.8 Å². The number of ether oxygens (including phenoxy) is 1. The summed E-state index contributed by atoms with van der Waals surface area (Å²) >= 11 is 0. The van der Waals surface area contributed by atoms with E-state index in [0.717, 1.165) is 12.1 Å². The number of aliphatic hydroxyl groups excluding tert-OH is 1. The fraction of sp³-hybridized carbons (Fsp3) is 0.533. The average Bonchev–Trinajstić information content (AvgIpc) is 2.39. The summed E-state index contributed by atoms with van der Waals surface area (Å²) in [6.07, 6.45) is 0.510. The normalized spacial score (nSPS) is 24.4. The molecule has 19 heavy (non-hydrogen) atoms. The lowest BCUT2D eigenvalue weighted by Crippen LogP contribution is -2.56. The zero-order valence-corrected chi connectivity index (χ0v) is 11.6. The van der Waals surface area contributed by atoms with Gasteiger partial charge in [-0.25, -0.2) is 4.79 Å². The smallest absolute Gasteiger partial charge is 0.338 e. The van der Waals surface area contributed by atoms with Crippen molar-refractivity contribution < 1.29 is 14.6 Å². The molecule has 0 spiro atoms. The molecule has 104 valence electrons. The summed E-state index contributed by atoms with van der Waals surface area (Å²) in [4.78, 5) is 11.5. The maximum Gasteiger partial charge on any atom is 0.338 e. The molecule has 2 atom stereocenters. The lowest BCUT2D eigenvalue weighted by Gasteiger charge is -2.49. The number of carbonyl (C=O) groups excluding carboxylic acids is 1. The fourth-order valence-electron chi connectivity index (χ4n) is 2.27. The van der Waals surface area contributed by atoms with Crippen LogP contribution in [0.1, 0.15) is 37.6 Å². The Bertz CT molecular complexity index is 453. The van der Waals surface area contributed by atoms with Crippen molar-refractivity contribution >= 4 is 11.7 Å². The highest BCUT2D eigenvalue weighted by molar-refractivity contribution is 5.89. The third-order valence-corrected chi connectivity index (χ3v) is 3.95. The Morgan fingerprint density at radius 1 is 1.42 bits per heavy atom. The maximum atomic E-state index is 11.5. The van der Waals surface area contributed by atoms with E-state index in [0.29, 0.717) is 12.2 Å². The van der Waals surface area contributed by atoms with Gasteiger partial charge in [0.25, 0.3) is 0 Å². The summed E-state index contributed by atoms with van der Waals surface area (Å²) in [5.41, 5.74) is 1.40. The Morgan fingerprint density at radius 2 is 2.05 bits per heavy atom. The largest absolute Gasteiger partial charge is 0.462 e. The van der Waals surface area contributed by atoms with Crippen LogP contribution in [-0.2, 0) is 4.74 Å². The van der Waals surface area contributed by atoms with E-state index in [2.05, 4.69) is 5.32 Å². The van der Waals surface area contributed by atoms with Crippen LogP contribution in [0.25, 0.3) is 0 Å². The van der Waals surface area contributed by atoms with Crippen LogP contribution in [0.5, 0.6) is 0 Å². The molecule has 1 aromatic rings. The summed E-state index contributed by atoms with van der Waals surface area (Å²) < 4.78 is 4.94. The summed E-state index contributed by atoms with van der Waals surface area (Å²) in [6.45, 7) is 6.27. The highest BCUT2D eigenvalue weighted by Gasteiger charge is 2.47. The molecule has 2 N–H and O–H groups in total. The standard InChI is InChI=1S/C15H21NO3/c1-4-19-14(18)10-5-7-11(8-6-10)16-12-9-13(17)15(12,2)3/h5-8,12-13,16-17H,4,9H2,1-3H3. The van der Waals surface area contributed by atoms with Crippen molar-refractivity contribution in [1.82, 2.24) is 0 Å². The minimum absolute atomic E-state index is 0.111. The van der Waals surface area contributed by atoms with Gasteiger partial charge in [0.15, 0.2) is 0 Å². The molecule has 0 aliphatic heterocycles. The van der Waals surface area contributed by atoms with Crippen molar-refractivity contribution in [2.75, 3.05) is 11.9 Å². The minimum Gasteiger partial charge on any atom is -0.462 e. The van der Waals surface area contributed by atoms with E-state index in [1.807, 2.05) is 26.0 Å². The van der Waals surface area contributed by atoms with Gasteiger partial charge in [0, 0.05) is 17.1 Å². The molecule has 1 aliphatic carbocycles. The monoisotopic (exact) mass is 263 g/mol. The van der Waals surface area contributed by atoms with E-state index in [1.54, 1.807) is 19.1 Å². The second-order valence-corrected chi connectivity index (χ2v) is 5.57. The first-order chi connectivity index (χ1) is 8.95. The third-order valence-electron chi connectivity index (χ3n) is 3.95. The summed E-state index contributed by atoms with van der Waals surface area (Å²) in [5, 5.41) is 13.1. The lowest BCUT2D eigenvalue weighted by atomic mass is 9.64. The number of nitrogens with one attached hydrogen (secondary N) is 1. The van der Waals surface area contributed by atoms with Gasteiger partial charge in [-0.3, -0.25) is 0 Å². The highest BCUT2D eigenvalue weighted by atomic mass is 16.5. The first-order valence-corrected chi connectivity index (χ1v) is 6.67. The van der Waals surface area contributed by atoms with Crippen LogP contribution in [0.3, 0.4) is 0 Å². The second-order valence-electron chi connectivity index (χ2n) is 5.57. The van der Waals surface area contributed by atoms with E-state index < -0.39 is 0 Å². The first-order valence-electron chi connectivity index (χ1n) is 6.67. The van der Waals surface area contributed by atoms with Gasteiger partial charge in [-0.05, 0) is 37.6 Å². The zero-order valence-electron chi connectivity index (χ0n) is 11.6. The van der Waals surface area contributed by atoms with Gasteiger partial charge in [0.1, 0.15) is 0 Å². The van der Waals surface area contributed by atoms with E-state index >= 15 is 0 Å². The molecule has 0 amide bonds. The molecular formula is C15H21NO3. The Balaban J connectivity index is 1.98. The van der Waals surface area contributed by atoms with Crippen molar-refractivity contribution in [2.45, 2.75) is 39.3 Å². The molecule has 0 aromatic heterocycles. The quantitative estimate of drug-likeness (QED) is 0.819. The van der Waals surface area contributed by atoms with Crippen LogP contribution < -0.4 is 5.32 Å². The van der Waals surface area contributed by atoms with Crippen molar-refractivity contribution in [3.8, 4) is 0 Å². The third kappa shape index (κ3) is 2.73. The van der Waals surface area contributed by atoms with Gasteiger partial charge >= 0.3 is 5.97 Å². The first kappa shape index (κ1) is 13.9. The molecule has 4 nitrogen and oxygen atoms in total. The molecule has 0 radical (unpaired) electrons. The van der Waals surface area contributed by atoms with E-state index in [4.69, 9.17) is 4.74 Å². The van der Waals surface area contributed by atoms with E-state index in [9.17, 15) is 9.90 Å². The van der Waals surface area contributed by atoms with Gasteiger partial charge in [-0.1, -0.05) is 13.8 Å². The molecule has 2 rings (SSSR count). The predicted molar refractivity (Wildman–Crippen MR) is 74.2 cm³/mol. The van der Waals surface area contributed by atoms with Crippen LogP contribution in [0.2, 0.25) is 0 Å². The van der Waals surface area contributed by atoms with Gasteiger partial charge in [0.05, 0.1) is 18.3 Å². The molecule has 1 fully saturated rings. The number of rotatable bonds is 4. The molecule has 1 aliphatic rings. The number of anilines is 1. The van der Waals surface area contributed by atoms with Crippen LogP contribution in [0.15, 0.2) is 24.3 Å². The molecule has 0 saturated heterocycles. The van der Waals surface area contributed by atoms with Gasteiger partial charge in [-0.2, -0.15) is 0 Å². The van der Waals surface area contributed by atoms with Crippen LogP contribution in [0, 0.1) is 5.41 Å². The Labute approximate surface area is 113 Å². The van der Waals surface area contributed by atoms with Gasteiger partial charge in [-0.15, -0.1) is 0 Å². The number of aliphatic hydroxyl groups is 1. The predicted octanol–water partition coefficient (Wildman–Crippen LogP) is 2.43. The Morgan fingerprint density at radius 3 is 2.53 bits per heavy atom. The SMILES string of the molecule is CCOC(=O)c1ccc(NC2CC(O)C2(C)C)cc1. The molecule has 1 saturated carbocycles. The number of carbonyl (C=O) groups is 1. The molecule has 2 unspecified atom stereocenters. The maximum absolute atomic E-state index is 11.5. The molecule has 0 heterocycles. The molecule has 1 aromatic carbocycles. The lowest BCUT2D eigenvalue weighted by molar-refractivity contribution is -0.0510. The van der Waals surface area contributed by atoms with Crippen molar-refractivity contribution in [3.63, 3.8) is 0 Å². The van der Waals surface area contributed by atoms with E-state index in [-0.39, 0.29) is 23.5 Å². The van der Waals surface area contributed by atoms with Crippen molar-refractivity contribution in [1.29, 1.82) is 0 Å². The second kappa shape index (κ2) is 5.21. The molecule has 0 bridgehead atoms. The van der Waals surface area contributed by atoms with Crippen LogP contribution in [0.4, 0.5) is 5.69 Å². The highest BCUT2D eigenvalue weighted by Crippen LogP contribution is 2.42. The summed E-state index contributed by atoms with van der Waals surface area (Å²) in [7, 11) is 0. The topological polar surface area (TPSA) is 58.6 Å². The zero-order chi connectivity index (χ0) is 14.0. The van der Waals surface area contributed by atoms with Crippen LogP contribution >= 0.6 is 0 Å². The average molecular weight is 263 g/mol. The number of hydrogen-bond donors (Lipinski definition) is 2. The minimum atomic E-state index is -0.298. The Kier molecular flexibility index (Phi) is 3.80. The number of esters is 1. The van der Waals surface area contributed by atoms with Gasteiger partial charge < -0.3 is 15.2 Å². The summed E-state index contributed by atoms with van der Waals surface area (Å²) in [6, 6.07) is 7.50. The summed E-state index contributed by atoms with van der Waals surface area (Å²) in [5.74, 6) is -0.298. The van der Waals surface area contributed by atoms with Gasteiger partial charge in [0.2, 0.25) is 0 Å². The molecular weight excluding hydrogens is 242 g/mol. The number of hydrogen-bond acceptors (Lipinski definition) is 4. The number of benzene rings is 1. The van der Waals surface area contributed by atoms with Crippen molar-refractivity contribution in [2.24, 2.45) is 5.41 Å². The molecule has 4 heteroatoms.